The van der Waals surface area contributed by atoms with Crippen molar-refractivity contribution in [3.63, 3.8) is 0 Å². The third-order valence-electron chi connectivity index (χ3n) is 4.73. The number of aromatic amines is 1. The molecular weight excluding hydrogens is 385 g/mol. The summed E-state index contributed by atoms with van der Waals surface area (Å²) in [7, 11) is -3.67. The molecule has 4 rings (SSSR count). The molecule has 0 saturated carbocycles. The van der Waals surface area contributed by atoms with Crippen LogP contribution in [0.15, 0.2) is 45.8 Å². The number of aryl methyl sites for hydroxylation is 1. The summed E-state index contributed by atoms with van der Waals surface area (Å²) in [4.78, 5) is 4.88. The molecule has 1 aliphatic rings. The molecule has 1 N–H and O–H groups in total. The second-order valence-corrected chi connectivity index (χ2v) is 8.38. The Kier molecular flexibility index (Phi) is 4.90. The van der Waals surface area contributed by atoms with Crippen LogP contribution < -0.4 is 4.90 Å². The van der Waals surface area contributed by atoms with Gasteiger partial charge in [0.2, 0.25) is 15.9 Å². The van der Waals surface area contributed by atoms with Gasteiger partial charge < -0.3 is 14.3 Å². The summed E-state index contributed by atoms with van der Waals surface area (Å²) in [6, 6.07) is 8.00. The quantitative estimate of drug-likeness (QED) is 0.700. The van der Waals surface area contributed by atoms with Crippen molar-refractivity contribution in [2.45, 2.75) is 18.2 Å². The van der Waals surface area contributed by atoms with Crippen LogP contribution >= 0.6 is 0 Å². The molecule has 148 valence electrons. The van der Waals surface area contributed by atoms with E-state index < -0.39 is 10.0 Å². The molecular formula is C18H20FN5O3S. The molecule has 0 aliphatic carbocycles. The maximum Gasteiger partial charge on any atom is 0.264 e. The van der Waals surface area contributed by atoms with Crippen molar-refractivity contribution in [3.8, 4) is 11.6 Å². The van der Waals surface area contributed by atoms with E-state index >= 15 is 0 Å². The summed E-state index contributed by atoms with van der Waals surface area (Å²) in [6.45, 7) is 3.28. The molecule has 0 radical (unpaired) electrons. The first-order valence-corrected chi connectivity index (χ1v) is 10.4. The molecule has 1 aromatic carbocycles. The molecule has 1 aliphatic heterocycles. The summed E-state index contributed by atoms with van der Waals surface area (Å²) in [5.74, 6) is 0.432. The average Bonchev–Trinajstić information content (AvgIpc) is 3.38. The first-order chi connectivity index (χ1) is 13.5. The minimum absolute atomic E-state index is 0.137. The van der Waals surface area contributed by atoms with E-state index in [1.807, 2.05) is 11.8 Å². The fraction of sp³-hybridized carbons (Fsp3) is 0.333. The lowest BCUT2D eigenvalue weighted by atomic mass is 10.2. The van der Waals surface area contributed by atoms with E-state index in [4.69, 9.17) is 4.42 Å². The molecule has 0 bridgehead atoms. The molecule has 3 aromatic rings. The number of aromatic nitrogens is 3. The Morgan fingerprint density at radius 2 is 1.93 bits per heavy atom. The monoisotopic (exact) mass is 405 g/mol. The Balaban J connectivity index is 1.48. The topological polar surface area (TPSA) is 95.3 Å². The number of H-pyrrole nitrogens is 1. The first-order valence-electron chi connectivity index (χ1n) is 9.00. The standard InChI is InChI=1S/C18H20FN5O3S/c1-2-17-21-22-18(27-17)15-11-13(12-20-15)28(25,26)24-9-7-23(8-10-24)16-6-4-3-5-14(16)19/h3-6,11-12,20H,2,7-10H2,1H3. The number of hydrogen-bond acceptors (Lipinski definition) is 6. The van der Waals surface area contributed by atoms with E-state index in [9.17, 15) is 12.8 Å². The summed E-state index contributed by atoms with van der Waals surface area (Å²) in [5.41, 5.74) is 0.947. The molecule has 10 heteroatoms. The lowest BCUT2D eigenvalue weighted by Gasteiger charge is -2.35. The molecule has 0 amide bonds. The Morgan fingerprint density at radius 1 is 1.18 bits per heavy atom. The second-order valence-electron chi connectivity index (χ2n) is 6.45. The van der Waals surface area contributed by atoms with E-state index in [1.165, 1.54) is 22.6 Å². The van der Waals surface area contributed by atoms with Crippen molar-refractivity contribution in [1.82, 2.24) is 19.5 Å². The highest BCUT2D eigenvalue weighted by Gasteiger charge is 2.30. The second kappa shape index (κ2) is 7.36. The zero-order chi connectivity index (χ0) is 19.7. The van der Waals surface area contributed by atoms with Crippen molar-refractivity contribution >= 4 is 15.7 Å². The van der Waals surface area contributed by atoms with E-state index in [-0.39, 0.29) is 29.7 Å². The zero-order valence-electron chi connectivity index (χ0n) is 15.3. The Bertz CT molecular complexity index is 1070. The van der Waals surface area contributed by atoms with E-state index in [2.05, 4.69) is 15.2 Å². The average molecular weight is 405 g/mol. The van der Waals surface area contributed by atoms with Crippen molar-refractivity contribution in [3.05, 3.63) is 48.2 Å². The molecule has 8 nitrogen and oxygen atoms in total. The van der Waals surface area contributed by atoms with Crippen LogP contribution in [0.2, 0.25) is 0 Å². The summed E-state index contributed by atoms with van der Waals surface area (Å²) >= 11 is 0. The zero-order valence-corrected chi connectivity index (χ0v) is 16.1. The Morgan fingerprint density at radius 3 is 2.61 bits per heavy atom. The number of nitrogens with one attached hydrogen (secondary N) is 1. The van der Waals surface area contributed by atoms with Gasteiger partial charge in [0.1, 0.15) is 16.4 Å². The Labute approximate surface area is 162 Å². The largest absolute Gasteiger partial charge is 0.419 e. The van der Waals surface area contributed by atoms with Gasteiger partial charge in [0.05, 0.1) is 5.69 Å². The number of halogens is 1. The van der Waals surface area contributed by atoms with Crippen LogP contribution in [-0.4, -0.2) is 54.1 Å². The van der Waals surface area contributed by atoms with Gasteiger partial charge in [-0.2, -0.15) is 4.31 Å². The molecule has 2 aromatic heterocycles. The van der Waals surface area contributed by atoms with Gasteiger partial charge in [-0.1, -0.05) is 19.1 Å². The van der Waals surface area contributed by atoms with Gasteiger partial charge in [0.15, 0.2) is 0 Å². The lowest BCUT2D eigenvalue weighted by Crippen LogP contribution is -2.48. The lowest BCUT2D eigenvalue weighted by molar-refractivity contribution is 0.383. The number of anilines is 1. The van der Waals surface area contributed by atoms with Gasteiger partial charge in [-0.05, 0) is 18.2 Å². The van der Waals surface area contributed by atoms with E-state index in [0.717, 1.165) is 0 Å². The highest BCUT2D eigenvalue weighted by atomic mass is 32.2. The van der Waals surface area contributed by atoms with Gasteiger partial charge in [0.25, 0.3) is 5.89 Å². The highest BCUT2D eigenvalue weighted by Crippen LogP contribution is 2.25. The van der Waals surface area contributed by atoms with Gasteiger partial charge >= 0.3 is 0 Å². The molecule has 0 unspecified atom stereocenters. The summed E-state index contributed by atoms with van der Waals surface area (Å²) < 4.78 is 46.7. The minimum Gasteiger partial charge on any atom is -0.419 e. The number of para-hydroxylation sites is 1. The van der Waals surface area contributed by atoms with Gasteiger partial charge in [0, 0.05) is 38.8 Å². The van der Waals surface area contributed by atoms with Crippen LogP contribution in [0.5, 0.6) is 0 Å². The van der Waals surface area contributed by atoms with Crippen LogP contribution in [-0.2, 0) is 16.4 Å². The fourth-order valence-corrected chi connectivity index (χ4v) is 4.60. The fourth-order valence-electron chi connectivity index (χ4n) is 3.18. The van der Waals surface area contributed by atoms with Crippen LogP contribution in [0.25, 0.3) is 11.6 Å². The van der Waals surface area contributed by atoms with Crippen LogP contribution in [0.3, 0.4) is 0 Å². The van der Waals surface area contributed by atoms with Crippen LogP contribution in [0.1, 0.15) is 12.8 Å². The van der Waals surface area contributed by atoms with Gasteiger partial charge in [-0.3, -0.25) is 0 Å². The normalized spacial score (nSPS) is 15.9. The van der Waals surface area contributed by atoms with Gasteiger partial charge in [-0.15, -0.1) is 10.2 Å². The highest BCUT2D eigenvalue weighted by molar-refractivity contribution is 7.89. The number of sulfonamides is 1. The van der Waals surface area contributed by atoms with E-state index in [1.54, 1.807) is 18.2 Å². The molecule has 3 heterocycles. The molecule has 28 heavy (non-hydrogen) atoms. The van der Waals surface area contributed by atoms with Crippen molar-refractivity contribution in [2.24, 2.45) is 0 Å². The smallest absolute Gasteiger partial charge is 0.264 e. The number of benzene rings is 1. The van der Waals surface area contributed by atoms with Crippen molar-refractivity contribution in [1.29, 1.82) is 0 Å². The maximum atomic E-state index is 14.0. The third-order valence-corrected chi connectivity index (χ3v) is 6.60. The number of hydrogen-bond donors (Lipinski definition) is 1. The van der Waals surface area contributed by atoms with Crippen molar-refractivity contribution < 1.29 is 17.2 Å². The number of piperazine rings is 1. The molecule has 0 atom stereocenters. The number of rotatable bonds is 5. The predicted octanol–water partition coefficient (Wildman–Crippen LogP) is 2.28. The third kappa shape index (κ3) is 3.40. The molecule has 0 spiro atoms. The molecule has 1 fully saturated rings. The van der Waals surface area contributed by atoms with E-state index in [0.29, 0.717) is 36.8 Å². The Hall–Kier alpha value is -2.72. The SMILES string of the molecule is CCc1nnc(-c2cc(S(=O)(=O)N3CCN(c4ccccc4F)CC3)c[nH]2)o1. The predicted molar refractivity (Wildman–Crippen MR) is 101 cm³/mol. The molecule has 1 saturated heterocycles. The summed E-state index contributed by atoms with van der Waals surface area (Å²) in [6.07, 6.45) is 2.02. The summed E-state index contributed by atoms with van der Waals surface area (Å²) in [5, 5.41) is 7.80. The van der Waals surface area contributed by atoms with Crippen molar-refractivity contribution in [2.75, 3.05) is 31.1 Å². The van der Waals surface area contributed by atoms with Crippen LogP contribution in [0.4, 0.5) is 10.1 Å². The first kappa shape index (κ1) is 18.6. The minimum atomic E-state index is -3.67. The number of nitrogens with zero attached hydrogens (tertiary/aromatic N) is 4. The van der Waals surface area contributed by atoms with Crippen LogP contribution in [0, 0.1) is 5.82 Å². The van der Waals surface area contributed by atoms with Gasteiger partial charge in [-0.25, -0.2) is 12.8 Å². The maximum absolute atomic E-state index is 14.0.